The van der Waals surface area contributed by atoms with Crippen LogP contribution < -0.4 is 5.73 Å². The number of morpholine rings is 1. The summed E-state index contributed by atoms with van der Waals surface area (Å²) in [5.41, 5.74) is 6.92. The maximum Gasteiger partial charge on any atom is 0.244 e. The fraction of sp³-hybridized carbons (Fsp3) is 0.533. The third-order valence-corrected chi connectivity index (χ3v) is 3.49. The Kier molecular flexibility index (Phi) is 4.93. The molecule has 4 heteroatoms. The number of benzene rings is 1. The minimum atomic E-state index is -0.568. The molecule has 1 fully saturated rings. The van der Waals surface area contributed by atoms with E-state index in [4.69, 9.17) is 10.5 Å². The molecule has 4 nitrogen and oxygen atoms in total. The van der Waals surface area contributed by atoms with Crippen LogP contribution in [0.2, 0.25) is 0 Å². The zero-order valence-corrected chi connectivity index (χ0v) is 11.4. The summed E-state index contributed by atoms with van der Waals surface area (Å²) in [6.45, 7) is 4.03. The molecule has 1 aromatic carbocycles. The minimum Gasteiger partial charge on any atom is -0.375 e. The van der Waals surface area contributed by atoms with Crippen molar-refractivity contribution in [1.82, 2.24) is 4.90 Å². The topological polar surface area (TPSA) is 55.6 Å². The molecule has 19 heavy (non-hydrogen) atoms. The van der Waals surface area contributed by atoms with Crippen molar-refractivity contribution in [2.45, 2.75) is 31.9 Å². The van der Waals surface area contributed by atoms with Crippen molar-refractivity contribution in [3.8, 4) is 0 Å². The van der Waals surface area contributed by atoms with Gasteiger partial charge in [-0.15, -0.1) is 0 Å². The van der Waals surface area contributed by atoms with Gasteiger partial charge in [-0.2, -0.15) is 0 Å². The van der Waals surface area contributed by atoms with E-state index in [1.807, 2.05) is 35.2 Å². The van der Waals surface area contributed by atoms with Crippen LogP contribution in [0.5, 0.6) is 0 Å². The van der Waals surface area contributed by atoms with Gasteiger partial charge in [-0.1, -0.05) is 43.7 Å². The Morgan fingerprint density at radius 3 is 2.89 bits per heavy atom. The van der Waals surface area contributed by atoms with Crippen molar-refractivity contribution < 1.29 is 9.53 Å². The van der Waals surface area contributed by atoms with Gasteiger partial charge in [0.15, 0.2) is 0 Å². The highest BCUT2D eigenvalue weighted by atomic mass is 16.5. The van der Waals surface area contributed by atoms with E-state index >= 15 is 0 Å². The monoisotopic (exact) mass is 262 g/mol. The van der Waals surface area contributed by atoms with Crippen LogP contribution in [0.15, 0.2) is 30.3 Å². The molecule has 0 spiro atoms. The van der Waals surface area contributed by atoms with Gasteiger partial charge < -0.3 is 15.4 Å². The van der Waals surface area contributed by atoms with E-state index in [1.165, 1.54) is 0 Å². The highest BCUT2D eigenvalue weighted by molar-refractivity contribution is 5.83. The molecule has 1 saturated heterocycles. The van der Waals surface area contributed by atoms with E-state index in [2.05, 4.69) is 6.92 Å². The molecular weight excluding hydrogens is 240 g/mol. The molecule has 2 rings (SSSR count). The molecule has 1 amide bonds. The SMILES string of the molecule is CCC[C@H]1CN(C(=O)[C@H](N)c2ccccc2)CCO1. The summed E-state index contributed by atoms with van der Waals surface area (Å²) in [5, 5.41) is 0. The Morgan fingerprint density at radius 1 is 1.47 bits per heavy atom. The molecule has 1 aromatic rings. The molecule has 0 saturated carbocycles. The predicted molar refractivity (Wildman–Crippen MR) is 74.6 cm³/mol. The first-order valence-electron chi connectivity index (χ1n) is 6.93. The Hall–Kier alpha value is -1.39. The van der Waals surface area contributed by atoms with Crippen molar-refractivity contribution in [2.24, 2.45) is 5.73 Å². The normalized spacial score (nSPS) is 21.2. The number of carbonyl (C=O) groups excluding carboxylic acids is 1. The van der Waals surface area contributed by atoms with Crippen LogP contribution in [0, 0.1) is 0 Å². The molecule has 1 aliphatic heterocycles. The summed E-state index contributed by atoms with van der Waals surface area (Å²) in [4.78, 5) is 14.2. The van der Waals surface area contributed by atoms with Crippen molar-refractivity contribution >= 4 is 5.91 Å². The van der Waals surface area contributed by atoms with Crippen molar-refractivity contribution in [1.29, 1.82) is 0 Å². The lowest BCUT2D eigenvalue weighted by Gasteiger charge is -2.34. The highest BCUT2D eigenvalue weighted by Gasteiger charge is 2.27. The zero-order valence-electron chi connectivity index (χ0n) is 11.4. The lowest BCUT2D eigenvalue weighted by Crippen LogP contribution is -2.48. The third kappa shape index (κ3) is 3.55. The average Bonchev–Trinajstić information content (AvgIpc) is 2.47. The van der Waals surface area contributed by atoms with Crippen LogP contribution in [0.4, 0.5) is 0 Å². The molecule has 104 valence electrons. The highest BCUT2D eigenvalue weighted by Crippen LogP contribution is 2.17. The summed E-state index contributed by atoms with van der Waals surface area (Å²) in [6, 6.07) is 8.95. The number of hydrogen-bond donors (Lipinski definition) is 1. The molecule has 0 bridgehead atoms. The molecule has 2 atom stereocenters. The Labute approximate surface area is 114 Å². The molecule has 1 heterocycles. The van der Waals surface area contributed by atoms with Crippen molar-refractivity contribution in [3.05, 3.63) is 35.9 Å². The van der Waals surface area contributed by atoms with Gasteiger partial charge in [0.05, 0.1) is 12.7 Å². The Balaban J connectivity index is 1.99. The maximum absolute atomic E-state index is 12.4. The lowest BCUT2D eigenvalue weighted by atomic mass is 10.1. The van der Waals surface area contributed by atoms with Gasteiger partial charge in [-0.05, 0) is 12.0 Å². The van der Waals surface area contributed by atoms with E-state index in [0.29, 0.717) is 19.7 Å². The van der Waals surface area contributed by atoms with Crippen molar-refractivity contribution in [3.63, 3.8) is 0 Å². The molecule has 2 N–H and O–H groups in total. The van der Waals surface area contributed by atoms with Crippen LogP contribution in [0.3, 0.4) is 0 Å². The number of hydrogen-bond acceptors (Lipinski definition) is 3. The quantitative estimate of drug-likeness (QED) is 0.898. The smallest absolute Gasteiger partial charge is 0.244 e. The second-order valence-electron chi connectivity index (χ2n) is 4.95. The van der Waals surface area contributed by atoms with Gasteiger partial charge in [0.1, 0.15) is 6.04 Å². The predicted octanol–water partition coefficient (Wildman–Crippen LogP) is 1.71. The second-order valence-corrected chi connectivity index (χ2v) is 4.95. The fourth-order valence-electron chi connectivity index (χ4n) is 2.42. The van der Waals surface area contributed by atoms with E-state index in [9.17, 15) is 4.79 Å². The first-order valence-corrected chi connectivity index (χ1v) is 6.93. The van der Waals surface area contributed by atoms with Crippen molar-refractivity contribution in [2.75, 3.05) is 19.7 Å². The van der Waals surface area contributed by atoms with Crippen LogP contribution in [-0.2, 0) is 9.53 Å². The first-order chi connectivity index (χ1) is 9.22. The van der Waals surface area contributed by atoms with Gasteiger partial charge in [0.25, 0.3) is 0 Å². The number of rotatable bonds is 4. The standard InChI is InChI=1S/C15H22N2O2/c1-2-6-13-11-17(9-10-19-13)15(18)14(16)12-7-4-3-5-8-12/h3-5,7-8,13-14H,2,6,9-11,16H2,1H3/t13-,14+/m0/s1. The Morgan fingerprint density at radius 2 is 2.21 bits per heavy atom. The molecule has 0 aromatic heterocycles. The van der Waals surface area contributed by atoms with Gasteiger partial charge in [0, 0.05) is 13.1 Å². The molecule has 1 aliphatic rings. The lowest BCUT2D eigenvalue weighted by molar-refractivity contribution is -0.140. The molecule has 0 aliphatic carbocycles. The number of amides is 1. The van der Waals surface area contributed by atoms with Gasteiger partial charge in [-0.3, -0.25) is 4.79 Å². The summed E-state index contributed by atoms with van der Waals surface area (Å²) in [7, 11) is 0. The van der Waals surface area contributed by atoms with Gasteiger partial charge in [0.2, 0.25) is 5.91 Å². The summed E-state index contributed by atoms with van der Waals surface area (Å²) in [6.07, 6.45) is 2.22. The summed E-state index contributed by atoms with van der Waals surface area (Å²) < 4.78 is 5.65. The van der Waals surface area contributed by atoms with E-state index in [0.717, 1.165) is 18.4 Å². The van der Waals surface area contributed by atoms with E-state index < -0.39 is 6.04 Å². The summed E-state index contributed by atoms with van der Waals surface area (Å²) >= 11 is 0. The molecule has 0 radical (unpaired) electrons. The second kappa shape index (κ2) is 6.68. The molecule has 0 unspecified atom stereocenters. The number of carbonyl (C=O) groups is 1. The number of ether oxygens (including phenoxy) is 1. The Bertz CT molecular complexity index is 406. The van der Waals surface area contributed by atoms with E-state index in [-0.39, 0.29) is 12.0 Å². The number of nitrogens with two attached hydrogens (primary N) is 1. The maximum atomic E-state index is 12.4. The number of nitrogens with zero attached hydrogens (tertiary/aromatic N) is 1. The third-order valence-electron chi connectivity index (χ3n) is 3.49. The van der Waals surface area contributed by atoms with Gasteiger partial charge in [-0.25, -0.2) is 0 Å². The zero-order chi connectivity index (χ0) is 13.7. The minimum absolute atomic E-state index is 0.00407. The van der Waals surface area contributed by atoms with E-state index in [1.54, 1.807) is 0 Å². The summed E-state index contributed by atoms with van der Waals surface area (Å²) in [5.74, 6) is -0.00407. The van der Waals surface area contributed by atoms with Crippen LogP contribution in [0.1, 0.15) is 31.4 Å². The largest absolute Gasteiger partial charge is 0.375 e. The molecular formula is C15H22N2O2. The fourth-order valence-corrected chi connectivity index (χ4v) is 2.42. The first kappa shape index (κ1) is 14.0. The van der Waals surface area contributed by atoms with Crippen LogP contribution >= 0.6 is 0 Å². The van der Waals surface area contributed by atoms with Gasteiger partial charge >= 0.3 is 0 Å². The average molecular weight is 262 g/mol. The van der Waals surface area contributed by atoms with Crippen LogP contribution in [0.25, 0.3) is 0 Å². The van der Waals surface area contributed by atoms with Crippen LogP contribution in [-0.4, -0.2) is 36.6 Å².